The van der Waals surface area contributed by atoms with E-state index >= 15 is 0 Å². The molecule has 2 aromatic carbocycles. The topological polar surface area (TPSA) is 63.6 Å². The van der Waals surface area contributed by atoms with Crippen LogP contribution in [0.25, 0.3) is 0 Å². The van der Waals surface area contributed by atoms with E-state index in [0.717, 1.165) is 23.5 Å². The Hall–Kier alpha value is -1.69. The second-order valence-electron chi connectivity index (χ2n) is 8.83. The summed E-state index contributed by atoms with van der Waals surface area (Å²) in [6, 6.07) is 16.7. The summed E-state index contributed by atoms with van der Waals surface area (Å²) in [5, 5.41) is 10.7. The van der Waals surface area contributed by atoms with Gasteiger partial charge < -0.3 is 9.84 Å². The van der Waals surface area contributed by atoms with E-state index in [0.29, 0.717) is 36.4 Å². The Morgan fingerprint density at radius 3 is 2.40 bits per heavy atom. The third kappa shape index (κ3) is 5.32. The fourth-order valence-corrected chi connectivity index (χ4v) is 6.16. The number of ether oxygens (including phenoxy) is 1. The SMILES string of the molecule is O=S(=O)(CCCOCc1ccccc1)c1ccc(C(O)C2CC2C2CCCC2)cc1. The molecule has 2 saturated carbocycles. The largest absolute Gasteiger partial charge is 0.388 e. The second-order valence-corrected chi connectivity index (χ2v) is 10.9. The predicted molar refractivity (Wildman–Crippen MR) is 118 cm³/mol. The van der Waals surface area contributed by atoms with Crippen molar-refractivity contribution in [2.75, 3.05) is 12.4 Å². The Labute approximate surface area is 180 Å². The summed E-state index contributed by atoms with van der Waals surface area (Å²) >= 11 is 0. The molecule has 0 radical (unpaired) electrons. The van der Waals surface area contributed by atoms with Crippen LogP contribution >= 0.6 is 0 Å². The molecule has 0 amide bonds. The van der Waals surface area contributed by atoms with Gasteiger partial charge in [-0.15, -0.1) is 0 Å². The second kappa shape index (κ2) is 9.63. The van der Waals surface area contributed by atoms with Crippen molar-refractivity contribution in [2.24, 2.45) is 17.8 Å². The lowest BCUT2D eigenvalue weighted by atomic mass is 9.96. The quantitative estimate of drug-likeness (QED) is 0.545. The number of aliphatic hydroxyl groups excluding tert-OH is 1. The van der Waals surface area contributed by atoms with E-state index in [9.17, 15) is 13.5 Å². The van der Waals surface area contributed by atoms with Gasteiger partial charge in [0.25, 0.3) is 0 Å². The van der Waals surface area contributed by atoms with Crippen LogP contribution in [0.15, 0.2) is 59.5 Å². The van der Waals surface area contributed by atoms with E-state index < -0.39 is 15.9 Å². The Bertz CT molecular complexity index is 902. The Morgan fingerprint density at radius 2 is 1.70 bits per heavy atom. The fourth-order valence-electron chi connectivity index (χ4n) is 4.88. The van der Waals surface area contributed by atoms with Gasteiger partial charge in [-0.3, -0.25) is 0 Å². The molecular weight excluding hydrogens is 396 g/mol. The molecule has 2 aliphatic rings. The van der Waals surface area contributed by atoms with Crippen LogP contribution in [0.4, 0.5) is 0 Å². The van der Waals surface area contributed by atoms with Crippen molar-refractivity contribution < 1.29 is 18.3 Å². The van der Waals surface area contributed by atoms with E-state index in [1.54, 1.807) is 24.3 Å². The first-order valence-electron chi connectivity index (χ1n) is 11.2. The van der Waals surface area contributed by atoms with Crippen LogP contribution in [0, 0.1) is 17.8 Å². The highest BCUT2D eigenvalue weighted by atomic mass is 32.2. The van der Waals surface area contributed by atoms with Gasteiger partial charge in [0.1, 0.15) is 0 Å². The highest BCUT2D eigenvalue weighted by molar-refractivity contribution is 7.91. The summed E-state index contributed by atoms with van der Waals surface area (Å²) in [4.78, 5) is 0.324. The van der Waals surface area contributed by atoms with Crippen LogP contribution in [-0.2, 0) is 21.2 Å². The molecule has 1 N–H and O–H groups in total. The molecule has 0 heterocycles. The molecule has 4 rings (SSSR count). The van der Waals surface area contributed by atoms with Crippen molar-refractivity contribution in [1.82, 2.24) is 0 Å². The molecule has 0 aliphatic heterocycles. The number of benzene rings is 2. The number of rotatable bonds is 10. The van der Waals surface area contributed by atoms with Gasteiger partial charge in [-0.2, -0.15) is 0 Å². The Kier molecular flexibility index (Phi) is 6.91. The van der Waals surface area contributed by atoms with Crippen LogP contribution in [0.1, 0.15) is 55.8 Å². The van der Waals surface area contributed by atoms with Crippen LogP contribution in [-0.4, -0.2) is 25.9 Å². The molecule has 2 aliphatic carbocycles. The van der Waals surface area contributed by atoms with Crippen LogP contribution < -0.4 is 0 Å². The Balaban J connectivity index is 1.24. The van der Waals surface area contributed by atoms with Gasteiger partial charge in [0.05, 0.1) is 23.4 Å². The molecule has 2 fully saturated rings. The number of aliphatic hydroxyl groups is 1. The minimum Gasteiger partial charge on any atom is -0.388 e. The van der Waals surface area contributed by atoms with Crippen molar-refractivity contribution >= 4 is 9.84 Å². The summed E-state index contributed by atoms with van der Waals surface area (Å²) in [5.74, 6) is 1.85. The summed E-state index contributed by atoms with van der Waals surface area (Å²) in [6.07, 6.45) is 6.36. The van der Waals surface area contributed by atoms with Gasteiger partial charge in [0.15, 0.2) is 9.84 Å². The Morgan fingerprint density at radius 1 is 1.00 bits per heavy atom. The smallest absolute Gasteiger partial charge is 0.178 e. The van der Waals surface area contributed by atoms with Crippen LogP contribution in [0.3, 0.4) is 0 Å². The molecule has 0 saturated heterocycles. The molecule has 30 heavy (non-hydrogen) atoms. The van der Waals surface area contributed by atoms with Gasteiger partial charge in [0.2, 0.25) is 0 Å². The third-order valence-corrected chi connectivity index (χ3v) is 8.51. The van der Waals surface area contributed by atoms with E-state index in [2.05, 4.69) is 0 Å². The first kappa shape index (κ1) is 21.5. The number of sulfone groups is 1. The molecule has 4 nitrogen and oxygen atoms in total. The lowest BCUT2D eigenvalue weighted by molar-refractivity contribution is 0.122. The van der Waals surface area contributed by atoms with Crippen molar-refractivity contribution in [3.05, 3.63) is 65.7 Å². The zero-order valence-electron chi connectivity index (χ0n) is 17.4. The standard InChI is InChI=1S/C25H32O4S/c26-25(24-17-23(24)20-9-4-5-10-20)21-11-13-22(14-12-21)30(27,28)16-6-15-29-18-19-7-2-1-3-8-19/h1-3,7-8,11-14,20,23-26H,4-6,9-10,15-18H2. The summed E-state index contributed by atoms with van der Waals surface area (Å²) in [5.41, 5.74) is 1.92. The fraction of sp³-hybridized carbons (Fsp3) is 0.520. The van der Waals surface area contributed by atoms with Gasteiger partial charge in [0, 0.05) is 6.61 Å². The van der Waals surface area contributed by atoms with E-state index in [4.69, 9.17) is 4.74 Å². The molecule has 0 aromatic heterocycles. The molecule has 2 aromatic rings. The van der Waals surface area contributed by atoms with Gasteiger partial charge in [-0.05, 0) is 53.9 Å². The maximum absolute atomic E-state index is 12.6. The maximum atomic E-state index is 12.6. The van der Waals surface area contributed by atoms with E-state index in [-0.39, 0.29) is 5.75 Å². The minimum absolute atomic E-state index is 0.0655. The van der Waals surface area contributed by atoms with E-state index in [1.807, 2.05) is 30.3 Å². The average Bonchev–Trinajstić information content (AvgIpc) is 3.38. The van der Waals surface area contributed by atoms with Crippen LogP contribution in [0.5, 0.6) is 0 Å². The minimum atomic E-state index is -3.34. The van der Waals surface area contributed by atoms with E-state index in [1.165, 1.54) is 25.7 Å². The van der Waals surface area contributed by atoms with Gasteiger partial charge >= 0.3 is 0 Å². The molecular formula is C25H32O4S. The van der Waals surface area contributed by atoms with Crippen molar-refractivity contribution in [3.8, 4) is 0 Å². The molecule has 0 spiro atoms. The first-order valence-corrected chi connectivity index (χ1v) is 12.8. The normalized spacial score (nSPS) is 22.8. The predicted octanol–water partition coefficient (Wildman–Crippen LogP) is 4.93. The van der Waals surface area contributed by atoms with Crippen molar-refractivity contribution in [2.45, 2.75) is 56.1 Å². The third-order valence-electron chi connectivity index (χ3n) is 6.70. The lowest BCUT2D eigenvalue weighted by Gasteiger charge is -2.14. The first-order chi connectivity index (χ1) is 14.5. The summed E-state index contributed by atoms with van der Waals surface area (Å²) < 4.78 is 30.8. The summed E-state index contributed by atoms with van der Waals surface area (Å²) in [6.45, 7) is 0.908. The molecule has 3 atom stereocenters. The maximum Gasteiger partial charge on any atom is 0.178 e. The zero-order valence-corrected chi connectivity index (χ0v) is 18.3. The molecule has 162 valence electrons. The number of hydrogen-bond donors (Lipinski definition) is 1. The highest BCUT2D eigenvalue weighted by Gasteiger charge is 2.47. The van der Waals surface area contributed by atoms with Crippen molar-refractivity contribution in [1.29, 1.82) is 0 Å². The average molecular weight is 429 g/mol. The van der Waals surface area contributed by atoms with Gasteiger partial charge in [-0.25, -0.2) is 8.42 Å². The molecule has 0 bridgehead atoms. The highest BCUT2D eigenvalue weighted by Crippen LogP contribution is 2.55. The lowest BCUT2D eigenvalue weighted by Crippen LogP contribution is -2.10. The van der Waals surface area contributed by atoms with Gasteiger partial charge in [-0.1, -0.05) is 68.1 Å². The monoisotopic (exact) mass is 428 g/mol. The molecule has 5 heteroatoms. The zero-order chi connectivity index (χ0) is 21.0. The summed E-state index contributed by atoms with van der Waals surface area (Å²) in [7, 11) is -3.34. The van der Waals surface area contributed by atoms with Crippen LogP contribution in [0.2, 0.25) is 0 Å². The molecule has 3 unspecified atom stereocenters. The van der Waals surface area contributed by atoms with Crippen molar-refractivity contribution in [3.63, 3.8) is 0 Å². The number of hydrogen-bond acceptors (Lipinski definition) is 4.